The highest BCUT2D eigenvalue weighted by atomic mass is 32.2. The van der Waals surface area contributed by atoms with E-state index < -0.39 is 0 Å². The zero-order chi connectivity index (χ0) is 17.4. The maximum Gasteiger partial charge on any atom is 0.276 e. The maximum absolute atomic E-state index is 12.2. The van der Waals surface area contributed by atoms with Gasteiger partial charge in [0, 0.05) is 11.6 Å². The van der Waals surface area contributed by atoms with Crippen LogP contribution in [0.1, 0.15) is 5.56 Å². The minimum atomic E-state index is -0.330. The number of phenols is 1. The molecule has 8 heteroatoms. The molecule has 4 rings (SSSR count). The molecule has 0 unspecified atom stereocenters. The van der Waals surface area contributed by atoms with Crippen LogP contribution in [0.15, 0.2) is 58.7 Å². The predicted octanol–water partition coefficient (Wildman–Crippen LogP) is 2.18. The molecule has 7 nitrogen and oxygen atoms in total. The van der Waals surface area contributed by atoms with E-state index in [1.165, 1.54) is 28.8 Å². The van der Waals surface area contributed by atoms with Gasteiger partial charge in [-0.1, -0.05) is 36.0 Å². The summed E-state index contributed by atoms with van der Waals surface area (Å²) in [7, 11) is 0. The van der Waals surface area contributed by atoms with Crippen molar-refractivity contribution in [1.29, 1.82) is 0 Å². The summed E-state index contributed by atoms with van der Waals surface area (Å²) in [6, 6.07) is 13.5. The first-order chi connectivity index (χ1) is 12.1. The normalized spacial score (nSPS) is 19.6. The highest BCUT2D eigenvalue weighted by Crippen LogP contribution is 2.29. The van der Waals surface area contributed by atoms with Crippen LogP contribution in [0.4, 0.5) is 11.4 Å². The Labute approximate surface area is 147 Å². The molecular weight excluding hydrogens is 340 g/mol. The minimum absolute atomic E-state index is 0.0527. The number of anilines is 2. The molecule has 2 aliphatic heterocycles. The Morgan fingerprint density at radius 1 is 1.08 bits per heavy atom. The molecule has 0 aromatic heterocycles. The van der Waals surface area contributed by atoms with Crippen molar-refractivity contribution >= 4 is 45.8 Å². The van der Waals surface area contributed by atoms with E-state index in [1.807, 2.05) is 12.1 Å². The zero-order valence-electron chi connectivity index (χ0n) is 12.8. The molecule has 0 saturated carbocycles. The lowest BCUT2D eigenvalue weighted by Gasteiger charge is -2.15. The first-order valence-electron chi connectivity index (χ1n) is 7.44. The molecule has 25 heavy (non-hydrogen) atoms. The average molecular weight is 352 g/mol. The van der Waals surface area contributed by atoms with Crippen LogP contribution in [0.25, 0.3) is 0 Å². The summed E-state index contributed by atoms with van der Waals surface area (Å²) in [6.07, 6.45) is 0. The summed E-state index contributed by atoms with van der Waals surface area (Å²) in [5.41, 5.74) is 2.07. The summed E-state index contributed by atoms with van der Waals surface area (Å²) in [6.45, 7) is 0. The van der Waals surface area contributed by atoms with E-state index in [0.29, 0.717) is 22.1 Å². The van der Waals surface area contributed by atoms with Crippen molar-refractivity contribution in [3.8, 4) is 5.75 Å². The number of rotatable bonds is 2. The van der Waals surface area contributed by atoms with Gasteiger partial charge in [0.05, 0.1) is 17.1 Å². The number of carbonyl (C=O) groups is 2. The number of hydrogen-bond acceptors (Lipinski definition) is 6. The second-order valence-corrected chi connectivity index (χ2v) is 6.31. The molecule has 0 aliphatic carbocycles. The summed E-state index contributed by atoms with van der Waals surface area (Å²) in [4.78, 5) is 25.6. The van der Waals surface area contributed by atoms with Crippen molar-refractivity contribution < 1.29 is 14.7 Å². The molecule has 2 aliphatic rings. The van der Waals surface area contributed by atoms with Gasteiger partial charge in [0.1, 0.15) is 5.75 Å². The summed E-state index contributed by atoms with van der Waals surface area (Å²) in [5, 5.41) is 20.9. The van der Waals surface area contributed by atoms with Crippen molar-refractivity contribution in [3.05, 3.63) is 54.1 Å². The van der Waals surface area contributed by atoms with Crippen LogP contribution in [0, 0.1) is 0 Å². The zero-order valence-corrected chi connectivity index (χ0v) is 13.7. The number of carbonyl (C=O) groups excluding carboxylic acids is 2. The Bertz CT molecular complexity index is 954. The smallest absolute Gasteiger partial charge is 0.276 e. The number of nitrogens with zero attached hydrogens (tertiary/aromatic N) is 3. The Hall–Kier alpha value is -3.13. The fourth-order valence-corrected chi connectivity index (χ4v) is 3.43. The number of fused-ring (bicyclic) bond motifs is 1. The van der Waals surface area contributed by atoms with Gasteiger partial charge >= 0.3 is 0 Å². The van der Waals surface area contributed by atoms with Gasteiger partial charge < -0.3 is 10.4 Å². The lowest BCUT2D eigenvalue weighted by atomic mass is 10.1. The number of amidine groups is 1. The summed E-state index contributed by atoms with van der Waals surface area (Å²) >= 11 is 1.23. The number of aromatic hydroxyl groups is 1. The molecule has 2 heterocycles. The molecule has 0 atom stereocenters. The molecule has 0 radical (unpaired) electrons. The Morgan fingerprint density at radius 3 is 2.76 bits per heavy atom. The molecule has 1 fully saturated rings. The first-order valence-corrected chi connectivity index (χ1v) is 8.43. The number of nitrogens with one attached hydrogen (secondary N) is 1. The number of phenolic OH excluding ortho intramolecular Hbond substituents is 1. The maximum atomic E-state index is 12.2. The molecule has 0 spiro atoms. The Kier molecular flexibility index (Phi) is 3.73. The quantitative estimate of drug-likeness (QED) is 0.810. The van der Waals surface area contributed by atoms with Crippen molar-refractivity contribution in [2.75, 3.05) is 16.0 Å². The fourth-order valence-electron chi connectivity index (χ4n) is 2.62. The van der Waals surface area contributed by atoms with Crippen LogP contribution < -0.4 is 10.2 Å². The number of para-hydroxylation sites is 1. The second-order valence-electron chi connectivity index (χ2n) is 5.37. The van der Waals surface area contributed by atoms with Crippen LogP contribution in [0.3, 0.4) is 0 Å². The fraction of sp³-hybridized carbons (Fsp3) is 0.0588. The molecule has 2 N–H and O–H groups in total. The number of hydrogen-bond donors (Lipinski definition) is 2. The Morgan fingerprint density at radius 2 is 1.92 bits per heavy atom. The molecule has 2 aromatic carbocycles. The van der Waals surface area contributed by atoms with Gasteiger partial charge in [-0.2, -0.15) is 0 Å². The monoisotopic (exact) mass is 352 g/mol. The lowest BCUT2D eigenvalue weighted by molar-refractivity contribution is -0.115. The number of benzene rings is 2. The van der Waals surface area contributed by atoms with Gasteiger partial charge in [-0.25, -0.2) is 0 Å². The van der Waals surface area contributed by atoms with Gasteiger partial charge in [-0.3, -0.25) is 14.5 Å². The molecule has 2 amide bonds. The highest BCUT2D eigenvalue weighted by Gasteiger charge is 2.31. The predicted molar refractivity (Wildman–Crippen MR) is 97.1 cm³/mol. The van der Waals surface area contributed by atoms with Crippen molar-refractivity contribution in [1.82, 2.24) is 0 Å². The van der Waals surface area contributed by atoms with Gasteiger partial charge in [-0.15, -0.1) is 10.2 Å². The average Bonchev–Trinajstić information content (AvgIpc) is 3.12. The van der Waals surface area contributed by atoms with E-state index >= 15 is 0 Å². The topological polar surface area (TPSA) is 94.4 Å². The second kappa shape index (κ2) is 6.06. The van der Waals surface area contributed by atoms with Crippen LogP contribution in [0.2, 0.25) is 0 Å². The van der Waals surface area contributed by atoms with Crippen LogP contribution >= 0.6 is 11.8 Å². The van der Waals surface area contributed by atoms with Crippen molar-refractivity contribution in [3.63, 3.8) is 0 Å². The highest BCUT2D eigenvalue weighted by molar-refractivity contribution is 8.15. The van der Waals surface area contributed by atoms with E-state index in [-0.39, 0.29) is 29.0 Å². The standard InChI is InChI=1S/C17H12N4O3S/c22-11-5-3-4-10(8-11)21-14(23)9-25-17(21)20-19-15-12-6-1-2-7-13(12)18-16(15)24/h1-8,22H,9H2,(H,18,19,24)/b20-17+. The third-order valence-corrected chi connectivity index (χ3v) is 4.65. The van der Waals surface area contributed by atoms with E-state index in [0.717, 1.165) is 0 Å². The number of amides is 2. The van der Waals surface area contributed by atoms with Crippen molar-refractivity contribution in [2.45, 2.75) is 0 Å². The van der Waals surface area contributed by atoms with E-state index in [1.54, 1.807) is 24.3 Å². The van der Waals surface area contributed by atoms with Gasteiger partial charge in [0.25, 0.3) is 5.91 Å². The third-order valence-electron chi connectivity index (χ3n) is 3.73. The molecule has 124 valence electrons. The molecule has 1 saturated heterocycles. The van der Waals surface area contributed by atoms with Gasteiger partial charge in [-0.05, 0) is 18.2 Å². The van der Waals surface area contributed by atoms with E-state index in [4.69, 9.17) is 0 Å². The first kappa shape index (κ1) is 15.4. The van der Waals surface area contributed by atoms with Crippen molar-refractivity contribution in [2.24, 2.45) is 10.2 Å². The molecular formula is C17H12N4O3S. The van der Waals surface area contributed by atoms with E-state index in [2.05, 4.69) is 15.5 Å². The van der Waals surface area contributed by atoms with Gasteiger partial charge in [0.2, 0.25) is 5.91 Å². The van der Waals surface area contributed by atoms with E-state index in [9.17, 15) is 14.7 Å². The molecule has 0 bridgehead atoms. The van der Waals surface area contributed by atoms with Crippen LogP contribution in [-0.2, 0) is 9.59 Å². The SMILES string of the molecule is O=C1Nc2ccccc2/C1=N/N=C1/SCC(=O)N1c1cccc(O)c1. The lowest BCUT2D eigenvalue weighted by Crippen LogP contribution is -2.29. The summed E-state index contributed by atoms with van der Waals surface area (Å²) < 4.78 is 0. The Balaban J connectivity index is 1.71. The largest absolute Gasteiger partial charge is 0.508 e. The summed E-state index contributed by atoms with van der Waals surface area (Å²) in [5.74, 6) is -0.214. The minimum Gasteiger partial charge on any atom is -0.508 e. The number of thioether (sulfide) groups is 1. The molecule has 2 aromatic rings. The third kappa shape index (κ3) is 2.76. The van der Waals surface area contributed by atoms with Crippen LogP contribution in [0.5, 0.6) is 5.75 Å². The van der Waals surface area contributed by atoms with Gasteiger partial charge in [0.15, 0.2) is 10.9 Å². The van der Waals surface area contributed by atoms with Crippen LogP contribution in [-0.4, -0.2) is 33.6 Å².